The highest BCUT2D eigenvalue weighted by Crippen LogP contribution is 2.46. The molecule has 0 fully saturated rings. The van der Waals surface area contributed by atoms with Crippen LogP contribution < -0.4 is 19.1 Å². The first kappa shape index (κ1) is 29.0. The maximum atomic E-state index is 5.75. The van der Waals surface area contributed by atoms with Crippen molar-refractivity contribution >= 4 is 40.2 Å². The lowest BCUT2D eigenvalue weighted by Gasteiger charge is -2.29. The molecule has 0 saturated heterocycles. The van der Waals surface area contributed by atoms with Gasteiger partial charge in [-0.25, -0.2) is 0 Å². The van der Waals surface area contributed by atoms with E-state index in [2.05, 4.69) is 134 Å². The van der Waals surface area contributed by atoms with Crippen LogP contribution in [0, 0.1) is 0 Å². The molecule has 2 heterocycles. The van der Waals surface area contributed by atoms with Crippen LogP contribution in [-0.2, 0) is 0 Å². The molecule has 0 atom stereocenters. The van der Waals surface area contributed by atoms with Gasteiger partial charge in [-0.2, -0.15) is 4.57 Å². The number of pyridine rings is 1. The van der Waals surface area contributed by atoms with Crippen molar-refractivity contribution < 1.29 is 13.8 Å². The number of quaternary nitrogens is 1. The minimum atomic E-state index is 0.863. The molecule has 0 radical (unpaired) electrons. The van der Waals surface area contributed by atoms with Crippen molar-refractivity contribution in [1.82, 2.24) is 0 Å². The van der Waals surface area contributed by atoms with E-state index in [1.807, 2.05) is 11.8 Å². The lowest BCUT2D eigenvalue weighted by Crippen LogP contribution is -2.44. The number of benzene rings is 3. The second-order valence-electron chi connectivity index (χ2n) is 11.4. The lowest BCUT2D eigenvalue weighted by atomic mass is 10.1. The molecule has 0 aliphatic carbocycles. The number of rotatable bonds is 11. The zero-order chi connectivity index (χ0) is 29.0. The van der Waals surface area contributed by atoms with Crippen molar-refractivity contribution in [2.45, 2.75) is 31.6 Å². The van der Waals surface area contributed by atoms with Gasteiger partial charge < -0.3 is 14.1 Å². The summed E-state index contributed by atoms with van der Waals surface area (Å²) in [5.74, 6) is 2.08. The van der Waals surface area contributed by atoms with Gasteiger partial charge in [-0.05, 0) is 61.4 Å². The van der Waals surface area contributed by atoms with Crippen LogP contribution >= 0.6 is 11.8 Å². The Balaban J connectivity index is 1.70. The predicted molar refractivity (Wildman–Crippen MR) is 175 cm³/mol. The normalized spacial score (nSPS) is 14.1. The average Bonchev–Trinajstić information content (AvgIpc) is 3.31. The summed E-state index contributed by atoms with van der Waals surface area (Å²) in [6, 6.07) is 28.3. The topological polar surface area (TPSA) is 19.6 Å². The summed E-state index contributed by atoms with van der Waals surface area (Å²) in [6.07, 6.45) is 4.58. The van der Waals surface area contributed by atoms with Crippen LogP contribution in [0.15, 0.2) is 88.8 Å². The van der Waals surface area contributed by atoms with Gasteiger partial charge in [0, 0.05) is 35.9 Å². The standard InChI is InChI=1S/C35H44N4OS/c1-7-21-37(22-14-23-39(4,5)8-2)34-24-27(25-35-36(3)31-17-12-13-18-33(31)41-35)30-20-19-29(40-6)26-32(30)38(34)28-15-10-9-11-16-28/h9-13,15-20,24-26H,7-8,14,21-23H2,1-6H3/q+2. The first-order chi connectivity index (χ1) is 19.8. The van der Waals surface area contributed by atoms with E-state index in [9.17, 15) is 0 Å². The summed E-state index contributed by atoms with van der Waals surface area (Å²) in [7, 11) is 8.57. The lowest BCUT2D eigenvalue weighted by molar-refractivity contribution is -0.888. The van der Waals surface area contributed by atoms with Crippen molar-refractivity contribution in [3.8, 4) is 11.4 Å². The van der Waals surface area contributed by atoms with Crippen molar-refractivity contribution in [2.75, 3.05) is 64.2 Å². The average molecular weight is 569 g/mol. The number of methoxy groups -OCH3 is 1. The van der Waals surface area contributed by atoms with Gasteiger partial charge in [0.1, 0.15) is 17.0 Å². The Morgan fingerprint density at radius 3 is 2.41 bits per heavy atom. The van der Waals surface area contributed by atoms with E-state index in [-0.39, 0.29) is 0 Å². The zero-order valence-corrected chi connectivity index (χ0v) is 26.2. The summed E-state index contributed by atoms with van der Waals surface area (Å²) in [4.78, 5) is 6.19. The van der Waals surface area contributed by atoms with Crippen molar-refractivity contribution in [3.05, 3.63) is 89.5 Å². The summed E-state index contributed by atoms with van der Waals surface area (Å²) in [6.45, 7) is 8.85. The van der Waals surface area contributed by atoms with Crippen LogP contribution in [0.25, 0.3) is 22.7 Å². The molecule has 5 rings (SSSR count). The Hall–Kier alpha value is -3.48. The third kappa shape index (κ3) is 6.24. The molecule has 0 saturated carbocycles. The van der Waals surface area contributed by atoms with Gasteiger partial charge in [0.15, 0.2) is 0 Å². The Labute approximate surface area is 250 Å². The molecule has 1 aliphatic rings. The van der Waals surface area contributed by atoms with E-state index < -0.39 is 0 Å². The molecule has 0 N–H and O–H groups in total. The highest BCUT2D eigenvalue weighted by atomic mass is 32.2. The molecule has 41 heavy (non-hydrogen) atoms. The second kappa shape index (κ2) is 12.6. The van der Waals surface area contributed by atoms with Crippen LogP contribution in [0.1, 0.15) is 32.3 Å². The van der Waals surface area contributed by atoms with Crippen molar-refractivity contribution in [2.24, 2.45) is 0 Å². The van der Waals surface area contributed by atoms with Crippen LogP contribution in [0.3, 0.4) is 0 Å². The number of hydrogen-bond donors (Lipinski definition) is 0. The molecule has 1 aromatic heterocycles. The van der Waals surface area contributed by atoms with Gasteiger partial charge in [0.05, 0.1) is 58.1 Å². The third-order valence-corrected chi connectivity index (χ3v) is 9.37. The van der Waals surface area contributed by atoms with Gasteiger partial charge in [-0.3, -0.25) is 4.90 Å². The molecule has 0 amide bonds. The molecule has 0 unspecified atom stereocenters. The van der Waals surface area contributed by atoms with E-state index in [4.69, 9.17) is 4.74 Å². The molecule has 5 nitrogen and oxygen atoms in total. The fourth-order valence-corrected chi connectivity index (χ4v) is 6.61. The number of thioether (sulfide) groups is 1. The smallest absolute Gasteiger partial charge is 0.282 e. The SMILES string of the molecule is CCCN(CCC[N+](C)(C)CC)c1cc(/C=C2\Sc3ccccc3N2C)c2ccc(OC)cc2[n+]1-c1ccccc1. The van der Waals surface area contributed by atoms with Gasteiger partial charge >= 0.3 is 0 Å². The number of aromatic nitrogens is 1. The largest absolute Gasteiger partial charge is 0.497 e. The summed E-state index contributed by atoms with van der Waals surface area (Å²) < 4.78 is 9.21. The zero-order valence-electron chi connectivity index (χ0n) is 25.4. The second-order valence-corrected chi connectivity index (χ2v) is 12.5. The number of ether oxygens (including phenoxy) is 1. The number of anilines is 2. The fraction of sp³-hybridized carbons (Fsp3) is 0.343. The van der Waals surface area contributed by atoms with E-state index in [1.165, 1.54) is 32.4 Å². The molecule has 0 bridgehead atoms. The van der Waals surface area contributed by atoms with Crippen LogP contribution in [-0.4, -0.2) is 58.9 Å². The maximum Gasteiger partial charge on any atom is 0.282 e. The van der Waals surface area contributed by atoms with E-state index in [1.54, 1.807) is 7.11 Å². The minimum Gasteiger partial charge on any atom is -0.497 e. The fourth-order valence-electron chi connectivity index (χ4n) is 5.51. The molecule has 0 spiro atoms. The number of para-hydroxylation sites is 2. The highest BCUT2D eigenvalue weighted by molar-refractivity contribution is 8.03. The summed E-state index contributed by atoms with van der Waals surface area (Å²) >= 11 is 1.84. The first-order valence-electron chi connectivity index (χ1n) is 14.8. The molecule has 214 valence electrons. The molecule has 3 aromatic carbocycles. The predicted octanol–water partition coefficient (Wildman–Crippen LogP) is 7.37. The van der Waals surface area contributed by atoms with Gasteiger partial charge in [-0.1, -0.05) is 49.0 Å². The van der Waals surface area contributed by atoms with Crippen LogP contribution in [0.4, 0.5) is 11.5 Å². The van der Waals surface area contributed by atoms with E-state index in [0.717, 1.165) is 60.5 Å². The minimum absolute atomic E-state index is 0.863. The van der Waals surface area contributed by atoms with Crippen LogP contribution in [0.5, 0.6) is 5.75 Å². The highest BCUT2D eigenvalue weighted by Gasteiger charge is 2.27. The molecular weight excluding hydrogens is 524 g/mol. The Kier molecular flexibility index (Phi) is 8.91. The van der Waals surface area contributed by atoms with Crippen molar-refractivity contribution in [1.29, 1.82) is 0 Å². The van der Waals surface area contributed by atoms with Gasteiger partial charge in [0.2, 0.25) is 0 Å². The quantitative estimate of drug-likeness (QED) is 0.139. The molecular formula is C35H44N4OS+2. The van der Waals surface area contributed by atoms with E-state index >= 15 is 0 Å². The number of fused-ring (bicyclic) bond motifs is 2. The van der Waals surface area contributed by atoms with Crippen LogP contribution in [0.2, 0.25) is 0 Å². The first-order valence-corrected chi connectivity index (χ1v) is 15.6. The van der Waals surface area contributed by atoms with E-state index in [0.29, 0.717) is 0 Å². The summed E-state index contributed by atoms with van der Waals surface area (Å²) in [5, 5.41) is 2.44. The Morgan fingerprint density at radius 1 is 0.951 bits per heavy atom. The van der Waals surface area contributed by atoms with Gasteiger partial charge in [0.25, 0.3) is 5.82 Å². The molecule has 6 heteroatoms. The number of nitrogens with zero attached hydrogens (tertiary/aromatic N) is 4. The molecule has 4 aromatic rings. The van der Waals surface area contributed by atoms with Crippen molar-refractivity contribution in [3.63, 3.8) is 0 Å². The molecule has 1 aliphatic heterocycles. The maximum absolute atomic E-state index is 5.75. The third-order valence-electron chi connectivity index (χ3n) is 8.20. The van der Waals surface area contributed by atoms with Gasteiger partial charge in [-0.15, -0.1) is 0 Å². The summed E-state index contributed by atoms with van der Waals surface area (Å²) in [5.41, 5.74) is 4.78. The monoisotopic (exact) mass is 568 g/mol. The Morgan fingerprint density at radius 2 is 1.71 bits per heavy atom. The number of hydrogen-bond acceptors (Lipinski definition) is 4. The Bertz CT molecular complexity index is 1530.